The van der Waals surface area contributed by atoms with E-state index >= 15 is 0 Å². The van der Waals surface area contributed by atoms with Gasteiger partial charge in [0.2, 0.25) is 5.52 Å². The number of aliphatic hydroxyl groups excluding tert-OH is 1. The number of nitro groups is 1. The SMILES string of the molecule is CN(Cc1ccccc1)c1cc(NCCO)c([N+](=O)[O-])c2nonc12. The van der Waals surface area contributed by atoms with Crippen molar-refractivity contribution in [1.29, 1.82) is 0 Å². The van der Waals surface area contributed by atoms with E-state index in [1.54, 1.807) is 6.07 Å². The van der Waals surface area contributed by atoms with E-state index in [-0.39, 0.29) is 30.0 Å². The summed E-state index contributed by atoms with van der Waals surface area (Å²) < 4.78 is 4.75. The van der Waals surface area contributed by atoms with Crippen molar-refractivity contribution in [2.75, 3.05) is 30.4 Å². The summed E-state index contributed by atoms with van der Waals surface area (Å²) >= 11 is 0. The minimum absolute atomic E-state index is 0.0721. The van der Waals surface area contributed by atoms with Gasteiger partial charge in [0, 0.05) is 20.1 Å². The molecule has 130 valence electrons. The highest BCUT2D eigenvalue weighted by atomic mass is 16.6. The van der Waals surface area contributed by atoms with Gasteiger partial charge in [-0.15, -0.1) is 0 Å². The van der Waals surface area contributed by atoms with Gasteiger partial charge in [0.25, 0.3) is 0 Å². The van der Waals surface area contributed by atoms with Gasteiger partial charge < -0.3 is 15.3 Å². The lowest BCUT2D eigenvalue weighted by Crippen LogP contribution is -2.18. The second-order valence-electron chi connectivity index (χ2n) is 5.50. The van der Waals surface area contributed by atoms with Gasteiger partial charge in [-0.05, 0) is 21.9 Å². The molecule has 2 aromatic carbocycles. The molecule has 3 aromatic rings. The summed E-state index contributed by atoms with van der Waals surface area (Å²) in [5, 5.41) is 30.9. The Hall–Kier alpha value is -3.20. The number of rotatable bonds is 7. The molecular weight excluding hydrogens is 326 g/mol. The molecule has 3 rings (SSSR count). The van der Waals surface area contributed by atoms with Crippen molar-refractivity contribution in [2.45, 2.75) is 6.54 Å². The molecule has 0 spiro atoms. The Morgan fingerprint density at radius 2 is 2.00 bits per heavy atom. The van der Waals surface area contributed by atoms with E-state index < -0.39 is 4.92 Å². The molecule has 2 N–H and O–H groups in total. The Bertz CT molecular complexity index is 881. The number of hydrogen-bond donors (Lipinski definition) is 2. The molecular formula is C16H17N5O4. The first-order valence-corrected chi connectivity index (χ1v) is 7.65. The number of nitro benzene ring substituents is 1. The van der Waals surface area contributed by atoms with Gasteiger partial charge in [0.05, 0.1) is 17.2 Å². The van der Waals surface area contributed by atoms with E-state index in [1.807, 2.05) is 42.3 Å². The summed E-state index contributed by atoms with van der Waals surface area (Å²) in [6, 6.07) is 11.4. The molecule has 25 heavy (non-hydrogen) atoms. The molecule has 1 heterocycles. The molecule has 0 saturated heterocycles. The van der Waals surface area contributed by atoms with Crippen LogP contribution in [0.15, 0.2) is 41.0 Å². The molecule has 0 unspecified atom stereocenters. The largest absolute Gasteiger partial charge is 0.395 e. The second-order valence-corrected chi connectivity index (χ2v) is 5.50. The quantitative estimate of drug-likeness (QED) is 0.495. The van der Waals surface area contributed by atoms with Crippen LogP contribution in [0.5, 0.6) is 0 Å². The van der Waals surface area contributed by atoms with Gasteiger partial charge in [-0.3, -0.25) is 10.1 Å². The van der Waals surface area contributed by atoms with Gasteiger partial charge in [-0.2, -0.15) is 0 Å². The summed E-state index contributed by atoms with van der Waals surface area (Å²) in [5.74, 6) is 0. The zero-order valence-corrected chi connectivity index (χ0v) is 13.5. The molecule has 0 fully saturated rings. The van der Waals surface area contributed by atoms with Crippen molar-refractivity contribution in [2.24, 2.45) is 0 Å². The van der Waals surface area contributed by atoms with Crippen molar-refractivity contribution in [1.82, 2.24) is 10.3 Å². The first-order valence-electron chi connectivity index (χ1n) is 7.65. The summed E-state index contributed by atoms with van der Waals surface area (Å²) in [5.41, 5.74) is 2.16. The maximum Gasteiger partial charge on any atom is 0.323 e. The molecule has 0 aliphatic heterocycles. The average Bonchev–Trinajstić information content (AvgIpc) is 3.08. The second kappa shape index (κ2) is 7.14. The number of aromatic nitrogens is 2. The number of aliphatic hydroxyl groups is 1. The third-order valence-corrected chi connectivity index (χ3v) is 3.78. The van der Waals surface area contributed by atoms with Crippen LogP contribution in [-0.2, 0) is 6.54 Å². The first-order chi connectivity index (χ1) is 12.1. The first kappa shape index (κ1) is 16.7. The van der Waals surface area contributed by atoms with E-state index in [9.17, 15) is 10.1 Å². The number of anilines is 2. The fraction of sp³-hybridized carbons (Fsp3) is 0.250. The number of benzene rings is 2. The molecule has 0 radical (unpaired) electrons. The van der Waals surface area contributed by atoms with Crippen LogP contribution in [0.25, 0.3) is 11.0 Å². The maximum atomic E-state index is 11.4. The Morgan fingerprint density at radius 1 is 1.28 bits per heavy atom. The van der Waals surface area contributed by atoms with Crippen LogP contribution in [0.3, 0.4) is 0 Å². The monoisotopic (exact) mass is 343 g/mol. The van der Waals surface area contributed by atoms with E-state index in [0.717, 1.165) is 5.56 Å². The summed E-state index contributed by atoms with van der Waals surface area (Å²) in [7, 11) is 1.86. The van der Waals surface area contributed by atoms with E-state index in [1.165, 1.54) is 0 Å². The number of fused-ring (bicyclic) bond motifs is 1. The van der Waals surface area contributed by atoms with E-state index in [0.29, 0.717) is 17.7 Å². The van der Waals surface area contributed by atoms with E-state index in [4.69, 9.17) is 9.74 Å². The normalized spacial score (nSPS) is 10.8. The average molecular weight is 343 g/mol. The highest BCUT2D eigenvalue weighted by molar-refractivity contribution is 5.99. The standard InChI is InChI=1S/C16H17N5O4/c1-20(10-11-5-3-2-4-6-11)13-9-12(17-7-8-22)16(21(23)24)15-14(13)18-25-19-15/h2-6,9,17,22H,7-8,10H2,1H3. The van der Waals surface area contributed by atoms with Crippen LogP contribution in [0, 0.1) is 10.1 Å². The van der Waals surface area contributed by atoms with Crippen LogP contribution < -0.4 is 10.2 Å². The van der Waals surface area contributed by atoms with Crippen LogP contribution in [0.1, 0.15) is 5.56 Å². The lowest BCUT2D eigenvalue weighted by atomic mass is 10.1. The number of hydrogen-bond acceptors (Lipinski definition) is 8. The fourth-order valence-electron chi connectivity index (χ4n) is 2.66. The smallest absolute Gasteiger partial charge is 0.323 e. The molecule has 9 nitrogen and oxygen atoms in total. The number of nitrogens with zero attached hydrogens (tertiary/aromatic N) is 4. The van der Waals surface area contributed by atoms with Crippen molar-refractivity contribution >= 4 is 28.1 Å². The Balaban J connectivity index is 2.06. The topological polar surface area (TPSA) is 118 Å². The van der Waals surface area contributed by atoms with Crippen LogP contribution in [-0.4, -0.2) is 40.5 Å². The summed E-state index contributed by atoms with van der Waals surface area (Å²) in [6.45, 7) is 0.612. The highest BCUT2D eigenvalue weighted by Crippen LogP contribution is 2.38. The molecule has 9 heteroatoms. The molecule has 0 saturated carbocycles. The zero-order valence-electron chi connectivity index (χ0n) is 13.5. The van der Waals surface area contributed by atoms with Gasteiger partial charge in [-0.1, -0.05) is 30.3 Å². The van der Waals surface area contributed by atoms with Crippen LogP contribution in [0.4, 0.5) is 17.1 Å². The molecule has 0 aliphatic rings. The van der Waals surface area contributed by atoms with Crippen molar-refractivity contribution in [3.8, 4) is 0 Å². The molecule has 0 bridgehead atoms. The van der Waals surface area contributed by atoms with Gasteiger partial charge >= 0.3 is 5.69 Å². The van der Waals surface area contributed by atoms with Gasteiger partial charge in [-0.25, -0.2) is 4.63 Å². The summed E-state index contributed by atoms with van der Waals surface area (Å²) in [4.78, 5) is 12.8. The summed E-state index contributed by atoms with van der Waals surface area (Å²) in [6.07, 6.45) is 0. The van der Waals surface area contributed by atoms with Gasteiger partial charge in [0.15, 0.2) is 5.52 Å². The highest BCUT2D eigenvalue weighted by Gasteiger charge is 2.26. The molecule has 0 amide bonds. The third-order valence-electron chi connectivity index (χ3n) is 3.78. The van der Waals surface area contributed by atoms with Crippen LogP contribution >= 0.6 is 0 Å². The Labute approximate surface area is 143 Å². The van der Waals surface area contributed by atoms with Gasteiger partial charge in [0.1, 0.15) is 5.69 Å². The Kier molecular flexibility index (Phi) is 4.75. The third kappa shape index (κ3) is 3.36. The molecule has 0 aliphatic carbocycles. The number of nitrogens with one attached hydrogen (secondary N) is 1. The minimum atomic E-state index is -0.535. The minimum Gasteiger partial charge on any atom is -0.395 e. The molecule has 0 atom stereocenters. The fourth-order valence-corrected chi connectivity index (χ4v) is 2.66. The van der Waals surface area contributed by atoms with Crippen molar-refractivity contribution in [3.05, 3.63) is 52.1 Å². The maximum absolute atomic E-state index is 11.4. The van der Waals surface area contributed by atoms with Crippen LogP contribution in [0.2, 0.25) is 0 Å². The predicted octanol–water partition coefficient (Wildman–Crippen LogP) is 2.17. The zero-order chi connectivity index (χ0) is 17.8. The Morgan fingerprint density at radius 3 is 2.68 bits per heavy atom. The lowest BCUT2D eigenvalue weighted by Gasteiger charge is -2.20. The van der Waals surface area contributed by atoms with Crippen molar-refractivity contribution in [3.63, 3.8) is 0 Å². The molecule has 1 aromatic heterocycles. The predicted molar refractivity (Wildman–Crippen MR) is 92.6 cm³/mol. The van der Waals surface area contributed by atoms with Crippen molar-refractivity contribution < 1.29 is 14.7 Å². The van der Waals surface area contributed by atoms with E-state index in [2.05, 4.69) is 15.6 Å². The lowest BCUT2D eigenvalue weighted by molar-refractivity contribution is -0.382.